The molecule has 0 aromatic carbocycles. The van der Waals surface area contributed by atoms with Crippen molar-refractivity contribution in [1.29, 1.82) is 5.26 Å². The van der Waals surface area contributed by atoms with Crippen LogP contribution in [-0.4, -0.2) is 35.0 Å². The molecule has 0 aromatic rings. The van der Waals surface area contributed by atoms with E-state index in [0.29, 0.717) is 5.41 Å². The summed E-state index contributed by atoms with van der Waals surface area (Å²) in [5.74, 6) is 1.34. The molecule has 2 nitrogen and oxygen atoms in total. The lowest BCUT2D eigenvalue weighted by Gasteiger charge is -2.29. The Morgan fingerprint density at radius 3 is 2.86 bits per heavy atom. The monoisotopic (exact) mass is 208 g/mol. The molecule has 0 N–H and O–H groups in total. The van der Waals surface area contributed by atoms with Gasteiger partial charge in [-0.2, -0.15) is 17.0 Å². The first-order valence-electron chi connectivity index (χ1n) is 5.54. The highest BCUT2D eigenvalue weighted by Gasteiger charge is 2.48. The summed E-state index contributed by atoms with van der Waals surface area (Å²) in [6, 6.07) is 3.20. The Hall–Kier alpha value is -0.200. The number of likely N-dealkylation sites (tertiary alicyclic amines) is 1. The van der Waals surface area contributed by atoms with E-state index in [1.807, 2.05) is 0 Å². The highest BCUT2D eigenvalue weighted by molar-refractivity contribution is 8.00. The zero-order valence-electron chi connectivity index (χ0n) is 8.41. The second kappa shape index (κ2) is 3.15. The zero-order valence-corrected chi connectivity index (χ0v) is 9.22. The lowest BCUT2D eigenvalue weighted by atomic mass is 10.0. The van der Waals surface area contributed by atoms with Crippen molar-refractivity contribution in [2.75, 3.05) is 18.8 Å². The van der Waals surface area contributed by atoms with E-state index < -0.39 is 0 Å². The van der Waals surface area contributed by atoms with Crippen molar-refractivity contribution < 1.29 is 0 Å². The molecule has 3 fully saturated rings. The first-order chi connectivity index (χ1) is 6.81. The van der Waals surface area contributed by atoms with Gasteiger partial charge in [-0.25, -0.2) is 0 Å². The van der Waals surface area contributed by atoms with E-state index in [1.165, 1.54) is 38.1 Å². The summed E-state index contributed by atoms with van der Waals surface area (Å²) in [7, 11) is 0. The molecule has 0 spiro atoms. The third-order valence-electron chi connectivity index (χ3n) is 3.96. The molecule has 2 heterocycles. The van der Waals surface area contributed by atoms with Gasteiger partial charge in [-0.3, -0.25) is 4.90 Å². The van der Waals surface area contributed by atoms with Crippen LogP contribution in [0, 0.1) is 16.7 Å². The standard InChI is InChI=1S/C11H16N2S/c12-4-3-11(1-2-11)8-13-6-10-5-9(13)7-14-10/h9-10H,1-3,5-8H2. The summed E-state index contributed by atoms with van der Waals surface area (Å²) in [5, 5.41) is 9.69. The number of nitrogens with zero attached hydrogens (tertiary/aromatic N) is 2. The second-order valence-corrected chi connectivity index (χ2v) is 6.44. The topological polar surface area (TPSA) is 27.0 Å². The Balaban J connectivity index is 1.61. The summed E-state index contributed by atoms with van der Waals surface area (Å²) < 4.78 is 0. The smallest absolute Gasteiger partial charge is 0.0628 e. The zero-order chi connectivity index (χ0) is 9.60. The molecule has 2 atom stereocenters. The van der Waals surface area contributed by atoms with Gasteiger partial charge in [-0.15, -0.1) is 0 Å². The van der Waals surface area contributed by atoms with Gasteiger partial charge in [0.1, 0.15) is 0 Å². The van der Waals surface area contributed by atoms with Gasteiger partial charge in [0, 0.05) is 36.6 Å². The average molecular weight is 208 g/mol. The number of fused-ring (bicyclic) bond motifs is 2. The molecule has 0 aromatic heterocycles. The molecule has 2 aliphatic heterocycles. The van der Waals surface area contributed by atoms with Crippen LogP contribution in [0.15, 0.2) is 0 Å². The third-order valence-corrected chi connectivity index (χ3v) is 5.35. The third kappa shape index (κ3) is 1.45. The van der Waals surface area contributed by atoms with E-state index in [2.05, 4.69) is 22.7 Å². The number of hydrogen-bond acceptors (Lipinski definition) is 3. The van der Waals surface area contributed by atoms with E-state index in [-0.39, 0.29) is 0 Å². The molecular formula is C11H16N2S. The Kier molecular flexibility index (Phi) is 2.04. The van der Waals surface area contributed by atoms with Crippen molar-refractivity contribution >= 4 is 11.8 Å². The van der Waals surface area contributed by atoms with Crippen LogP contribution >= 0.6 is 11.8 Å². The molecule has 76 valence electrons. The van der Waals surface area contributed by atoms with Crippen LogP contribution < -0.4 is 0 Å². The van der Waals surface area contributed by atoms with Gasteiger partial charge in [-0.05, 0) is 24.7 Å². The molecule has 2 unspecified atom stereocenters. The van der Waals surface area contributed by atoms with E-state index >= 15 is 0 Å². The fraction of sp³-hybridized carbons (Fsp3) is 0.909. The van der Waals surface area contributed by atoms with E-state index in [9.17, 15) is 0 Å². The van der Waals surface area contributed by atoms with Crippen molar-refractivity contribution in [3.8, 4) is 6.07 Å². The Labute approximate surface area is 89.6 Å². The molecule has 0 amide bonds. The van der Waals surface area contributed by atoms with Crippen LogP contribution in [0.3, 0.4) is 0 Å². The Morgan fingerprint density at radius 1 is 1.50 bits per heavy atom. The molecule has 3 aliphatic rings. The summed E-state index contributed by atoms with van der Waals surface area (Å²) in [6.45, 7) is 2.50. The largest absolute Gasteiger partial charge is 0.298 e. The van der Waals surface area contributed by atoms with E-state index in [4.69, 9.17) is 5.26 Å². The minimum absolute atomic E-state index is 0.421. The van der Waals surface area contributed by atoms with Crippen molar-refractivity contribution in [1.82, 2.24) is 4.90 Å². The summed E-state index contributed by atoms with van der Waals surface area (Å²) in [6.07, 6.45) is 4.78. The van der Waals surface area contributed by atoms with E-state index in [0.717, 1.165) is 17.7 Å². The number of hydrogen-bond donors (Lipinski definition) is 0. The normalized spacial score (nSPS) is 38.5. The SMILES string of the molecule is N#CCC1(CN2CC3CC2CS3)CC1. The Morgan fingerprint density at radius 2 is 2.36 bits per heavy atom. The molecule has 3 heteroatoms. The average Bonchev–Trinajstić information content (AvgIpc) is 2.63. The molecule has 1 aliphatic carbocycles. The first kappa shape index (κ1) is 9.06. The maximum absolute atomic E-state index is 8.78. The quantitative estimate of drug-likeness (QED) is 0.708. The highest BCUT2D eigenvalue weighted by atomic mass is 32.2. The molecular weight excluding hydrogens is 192 g/mol. The minimum atomic E-state index is 0.421. The van der Waals surface area contributed by atoms with Gasteiger partial charge in [0.15, 0.2) is 0 Å². The van der Waals surface area contributed by atoms with Crippen LogP contribution in [0.1, 0.15) is 25.7 Å². The van der Waals surface area contributed by atoms with Crippen LogP contribution in [0.25, 0.3) is 0 Å². The maximum Gasteiger partial charge on any atom is 0.0628 e. The first-order valence-corrected chi connectivity index (χ1v) is 6.59. The second-order valence-electron chi connectivity index (χ2n) is 5.11. The number of rotatable bonds is 3. The highest BCUT2D eigenvalue weighted by Crippen LogP contribution is 2.51. The van der Waals surface area contributed by atoms with Crippen molar-refractivity contribution in [2.45, 2.75) is 37.0 Å². The van der Waals surface area contributed by atoms with Gasteiger partial charge >= 0.3 is 0 Å². The molecule has 2 bridgehead atoms. The van der Waals surface area contributed by atoms with Gasteiger partial charge < -0.3 is 0 Å². The van der Waals surface area contributed by atoms with Gasteiger partial charge in [-0.1, -0.05) is 0 Å². The van der Waals surface area contributed by atoms with Crippen molar-refractivity contribution in [3.63, 3.8) is 0 Å². The number of thioether (sulfide) groups is 1. The predicted molar refractivity (Wildman–Crippen MR) is 58.1 cm³/mol. The molecule has 1 saturated carbocycles. The maximum atomic E-state index is 8.78. The summed E-state index contributed by atoms with van der Waals surface area (Å²) in [5.41, 5.74) is 0.421. The van der Waals surface area contributed by atoms with Crippen molar-refractivity contribution in [2.24, 2.45) is 5.41 Å². The molecule has 14 heavy (non-hydrogen) atoms. The predicted octanol–water partition coefficient (Wildman–Crippen LogP) is 1.87. The Bertz CT molecular complexity index is 280. The van der Waals surface area contributed by atoms with Gasteiger partial charge in [0.05, 0.1) is 6.07 Å². The lowest BCUT2D eigenvalue weighted by molar-refractivity contribution is 0.216. The molecule has 0 radical (unpaired) electrons. The minimum Gasteiger partial charge on any atom is -0.298 e. The fourth-order valence-electron chi connectivity index (χ4n) is 2.84. The summed E-state index contributed by atoms with van der Waals surface area (Å²) >= 11 is 2.15. The van der Waals surface area contributed by atoms with Gasteiger partial charge in [0.2, 0.25) is 0 Å². The van der Waals surface area contributed by atoms with Crippen molar-refractivity contribution in [3.05, 3.63) is 0 Å². The lowest BCUT2D eigenvalue weighted by Crippen LogP contribution is -2.38. The van der Waals surface area contributed by atoms with Gasteiger partial charge in [0.25, 0.3) is 0 Å². The van der Waals surface area contributed by atoms with Crippen LogP contribution in [0.2, 0.25) is 0 Å². The van der Waals surface area contributed by atoms with Crippen LogP contribution in [0.4, 0.5) is 0 Å². The molecule has 3 rings (SSSR count). The van der Waals surface area contributed by atoms with Crippen LogP contribution in [0.5, 0.6) is 0 Å². The summed E-state index contributed by atoms with van der Waals surface area (Å²) in [4.78, 5) is 2.66. The number of nitriles is 1. The molecule has 2 saturated heterocycles. The van der Waals surface area contributed by atoms with E-state index in [1.54, 1.807) is 0 Å². The van der Waals surface area contributed by atoms with Crippen LogP contribution in [-0.2, 0) is 0 Å². The fourth-order valence-corrected chi connectivity index (χ4v) is 4.34.